The molecule has 106 valence electrons. The first-order chi connectivity index (χ1) is 9.60. The normalized spacial score (nSPS) is 9.60. The molecule has 0 atom stereocenters. The van der Waals surface area contributed by atoms with E-state index in [1.54, 1.807) is 41.3 Å². The Bertz CT molecular complexity index is 502. The molecular formula is C15H18N2O3. The molecule has 0 saturated carbocycles. The van der Waals surface area contributed by atoms with Gasteiger partial charge in [0.1, 0.15) is 6.54 Å². The van der Waals surface area contributed by atoms with Crippen molar-refractivity contribution in [2.75, 3.05) is 25.0 Å². The third-order valence-electron chi connectivity index (χ3n) is 2.57. The number of anilines is 1. The maximum Gasteiger partial charge on any atom is 0.322 e. The summed E-state index contributed by atoms with van der Waals surface area (Å²) >= 11 is 0. The minimum atomic E-state index is -0.985. The van der Waals surface area contributed by atoms with Crippen molar-refractivity contribution in [3.63, 3.8) is 0 Å². The molecule has 0 unspecified atom stereocenters. The molecule has 0 radical (unpaired) electrons. The second-order valence-corrected chi connectivity index (χ2v) is 4.08. The predicted octanol–water partition coefficient (Wildman–Crippen LogP) is 2.00. The number of hydrogen-bond acceptors (Lipinski definition) is 3. The molecule has 20 heavy (non-hydrogen) atoms. The van der Waals surface area contributed by atoms with Gasteiger partial charge in [0, 0.05) is 18.8 Å². The Kier molecular flexibility index (Phi) is 6.03. The van der Waals surface area contributed by atoms with E-state index in [9.17, 15) is 9.59 Å². The van der Waals surface area contributed by atoms with E-state index in [-0.39, 0.29) is 12.5 Å². The molecule has 0 bridgehead atoms. The lowest BCUT2D eigenvalue weighted by molar-refractivity contribution is -0.134. The van der Waals surface area contributed by atoms with Crippen LogP contribution >= 0.6 is 0 Å². The molecule has 1 aromatic carbocycles. The second kappa shape index (κ2) is 7.78. The SMILES string of the molecule is C=CCN(CC=C)C(=O)c1ccccc1NCC(=O)O. The summed E-state index contributed by atoms with van der Waals surface area (Å²) in [5.41, 5.74) is 0.926. The monoisotopic (exact) mass is 274 g/mol. The Morgan fingerprint density at radius 3 is 2.35 bits per heavy atom. The van der Waals surface area contributed by atoms with Crippen LogP contribution in [0.15, 0.2) is 49.6 Å². The van der Waals surface area contributed by atoms with Crippen LogP contribution in [-0.4, -0.2) is 41.5 Å². The Morgan fingerprint density at radius 2 is 1.80 bits per heavy atom. The van der Waals surface area contributed by atoms with Crippen molar-refractivity contribution >= 4 is 17.6 Å². The number of para-hydroxylation sites is 1. The van der Waals surface area contributed by atoms with Crippen molar-refractivity contribution in [1.29, 1.82) is 0 Å². The summed E-state index contributed by atoms with van der Waals surface area (Å²) in [5.74, 6) is -1.18. The molecule has 0 heterocycles. The predicted molar refractivity (Wildman–Crippen MR) is 78.9 cm³/mol. The van der Waals surface area contributed by atoms with Gasteiger partial charge in [-0.3, -0.25) is 9.59 Å². The van der Waals surface area contributed by atoms with Crippen molar-refractivity contribution in [3.05, 3.63) is 55.1 Å². The average molecular weight is 274 g/mol. The highest BCUT2D eigenvalue weighted by molar-refractivity contribution is 6.00. The van der Waals surface area contributed by atoms with E-state index in [2.05, 4.69) is 18.5 Å². The van der Waals surface area contributed by atoms with Gasteiger partial charge in [-0.25, -0.2) is 0 Å². The summed E-state index contributed by atoms with van der Waals surface area (Å²) in [6, 6.07) is 6.81. The van der Waals surface area contributed by atoms with Crippen LogP contribution in [0.5, 0.6) is 0 Å². The van der Waals surface area contributed by atoms with Crippen molar-refractivity contribution in [3.8, 4) is 0 Å². The zero-order valence-electron chi connectivity index (χ0n) is 11.2. The number of rotatable bonds is 8. The summed E-state index contributed by atoms with van der Waals surface area (Å²) in [5, 5.41) is 11.4. The molecule has 0 aliphatic heterocycles. The van der Waals surface area contributed by atoms with Crippen LogP contribution in [0.25, 0.3) is 0 Å². The lowest BCUT2D eigenvalue weighted by Gasteiger charge is -2.21. The standard InChI is InChI=1S/C15H18N2O3/c1-3-9-17(10-4-2)15(20)12-7-5-6-8-13(12)16-11-14(18)19/h3-8,16H,1-2,9-11H2,(H,18,19). The number of carbonyl (C=O) groups excluding carboxylic acids is 1. The molecule has 2 N–H and O–H groups in total. The highest BCUT2D eigenvalue weighted by Gasteiger charge is 2.16. The molecule has 0 spiro atoms. The number of benzene rings is 1. The van der Waals surface area contributed by atoms with Gasteiger partial charge in [0.05, 0.1) is 5.56 Å². The molecule has 0 fully saturated rings. The number of amides is 1. The van der Waals surface area contributed by atoms with Crippen LogP contribution in [0.1, 0.15) is 10.4 Å². The quantitative estimate of drug-likeness (QED) is 0.711. The summed E-state index contributed by atoms with van der Waals surface area (Å²) in [6.07, 6.45) is 3.27. The number of aliphatic carboxylic acids is 1. The molecule has 0 aromatic heterocycles. The van der Waals surface area contributed by atoms with E-state index in [1.807, 2.05) is 0 Å². The average Bonchev–Trinajstić information content (AvgIpc) is 2.44. The maximum absolute atomic E-state index is 12.4. The maximum atomic E-state index is 12.4. The van der Waals surface area contributed by atoms with Gasteiger partial charge < -0.3 is 15.3 Å². The highest BCUT2D eigenvalue weighted by atomic mass is 16.4. The Balaban J connectivity index is 2.97. The number of nitrogens with zero attached hydrogens (tertiary/aromatic N) is 1. The van der Waals surface area contributed by atoms with E-state index in [0.29, 0.717) is 24.3 Å². The van der Waals surface area contributed by atoms with E-state index in [0.717, 1.165) is 0 Å². The summed E-state index contributed by atoms with van der Waals surface area (Å²) in [4.78, 5) is 24.6. The van der Waals surface area contributed by atoms with Gasteiger partial charge in [0.25, 0.3) is 5.91 Å². The van der Waals surface area contributed by atoms with E-state index in [1.165, 1.54) is 0 Å². The van der Waals surface area contributed by atoms with Crippen LogP contribution in [-0.2, 0) is 4.79 Å². The van der Waals surface area contributed by atoms with Crippen LogP contribution in [0, 0.1) is 0 Å². The number of nitrogens with one attached hydrogen (secondary N) is 1. The Hall–Kier alpha value is -2.56. The number of carboxylic acids is 1. The highest BCUT2D eigenvalue weighted by Crippen LogP contribution is 2.17. The molecule has 5 heteroatoms. The number of carbonyl (C=O) groups is 2. The van der Waals surface area contributed by atoms with Gasteiger partial charge in [-0.15, -0.1) is 13.2 Å². The fourth-order valence-electron chi connectivity index (χ4n) is 1.72. The van der Waals surface area contributed by atoms with Crippen LogP contribution < -0.4 is 5.32 Å². The third kappa shape index (κ3) is 4.28. The molecule has 0 saturated heterocycles. The van der Waals surface area contributed by atoms with Gasteiger partial charge >= 0.3 is 5.97 Å². The lowest BCUT2D eigenvalue weighted by Crippen LogP contribution is -2.32. The van der Waals surface area contributed by atoms with Gasteiger partial charge in [-0.1, -0.05) is 24.3 Å². The van der Waals surface area contributed by atoms with Crippen LogP contribution in [0.4, 0.5) is 5.69 Å². The van der Waals surface area contributed by atoms with E-state index in [4.69, 9.17) is 5.11 Å². The fourth-order valence-corrected chi connectivity index (χ4v) is 1.72. The van der Waals surface area contributed by atoms with Crippen molar-refractivity contribution in [1.82, 2.24) is 4.90 Å². The zero-order chi connectivity index (χ0) is 15.0. The zero-order valence-corrected chi connectivity index (χ0v) is 11.2. The molecule has 1 aromatic rings. The smallest absolute Gasteiger partial charge is 0.322 e. The van der Waals surface area contributed by atoms with Gasteiger partial charge in [-0.05, 0) is 12.1 Å². The first-order valence-corrected chi connectivity index (χ1v) is 6.16. The van der Waals surface area contributed by atoms with Crippen molar-refractivity contribution < 1.29 is 14.7 Å². The van der Waals surface area contributed by atoms with Gasteiger partial charge in [0.15, 0.2) is 0 Å². The van der Waals surface area contributed by atoms with Crippen LogP contribution in [0.3, 0.4) is 0 Å². The number of hydrogen-bond donors (Lipinski definition) is 2. The first-order valence-electron chi connectivity index (χ1n) is 6.16. The van der Waals surface area contributed by atoms with Crippen molar-refractivity contribution in [2.24, 2.45) is 0 Å². The minimum Gasteiger partial charge on any atom is -0.480 e. The topological polar surface area (TPSA) is 69.6 Å². The molecule has 1 amide bonds. The van der Waals surface area contributed by atoms with Gasteiger partial charge in [-0.2, -0.15) is 0 Å². The molecule has 1 rings (SSSR count). The molecule has 0 aliphatic carbocycles. The van der Waals surface area contributed by atoms with Crippen molar-refractivity contribution in [2.45, 2.75) is 0 Å². The summed E-state index contributed by atoms with van der Waals surface area (Å²) < 4.78 is 0. The number of carboxylic acid groups (broad SMARTS) is 1. The fraction of sp³-hybridized carbons (Fsp3) is 0.200. The van der Waals surface area contributed by atoms with Gasteiger partial charge in [0.2, 0.25) is 0 Å². The van der Waals surface area contributed by atoms with E-state index < -0.39 is 5.97 Å². The third-order valence-corrected chi connectivity index (χ3v) is 2.57. The summed E-state index contributed by atoms with van der Waals surface area (Å²) in [7, 11) is 0. The Labute approximate surface area is 118 Å². The van der Waals surface area contributed by atoms with Crippen LogP contribution in [0.2, 0.25) is 0 Å². The Morgan fingerprint density at radius 1 is 1.20 bits per heavy atom. The molecule has 5 nitrogen and oxygen atoms in total. The van der Waals surface area contributed by atoms with E-state index >= 15 is 0 Å². The molecule has 0 aliphatic rings. The first kappa shape index (κ1) is 15.5. The second-order valence-electron chi connectivity index (χ2n) is 4.08. The molecular weight excluding hydrogens is 256 g/mol. The summed E-state index contributed by atoms with van der Waals surface area (Å²) in [6.45, 7) is 7.80. The lowest BCUT2D eigenvalue weighted by atomic mass is 10.1. The largest absolute Gasteiger partial charge is 0.480 e. The minimum absolute atomic E-state index is 0.196.